The number of carbonyl (C=O) groups excluding carboxylic acids is 1. The number of benzene rings is 1. The lowest BCUT2D eigenvalue weighted by atomic mass is 10.0. The predicted molar refractivity (Wildman–Crippen MR) is 77.7 cm³/mol. The maximum atomic E-state index is 13.2. The molecule has 1 amide bonds. The Morgan fingerprint density at radius 1 is 1.36 bits per heavy atom. The smallest absolute Gasteiger partial charge is 0.220 e. The van der Waals surface area contributed by atoms with Crippen molar-refractivity contribution < 1.29 is 13.9 Å². The van der Waals surface area contributed by atoms with E-state index >= 15 is 0 Å². The first-order valence-electron chi connectivity index (χ1n) is 7.13. The fourth-order valence-corrected chi connectivity index (χ4v) is 2.55. The molecule has 0 fully saturated rings. The summed E-state index contributed by atoms with van der Waals surface area (Å²) in [5, 5.41) is 2.95. The molecule has 3 rings (SSSR count). The first-order chi connectivity index (χ1) is 10.6. The highest BCUT2D eigenvalue weighted by atomic mass is 19.1. The van der Waals surface area contributed by atoms with Crippen molar-refractivity contribution in [1.82, 2.24) is 15.3 Å². The lowest BCUT2D eigenvalue weighted by molar-refractivity contribution is -0.122. The van der Waals surface area contributed by atoms with Crippen LogP contribution in [0.25, 0.3) is 0 Å². The summed E-state index contributed by atoms with van der Waals surface area (Å²) in [4.78, 5) is 19.9. The van der Waals surface area contributed by atoms with Crippen LogP contribution in [0.4, 0.5) is 4.39 Å². The van der Waals surface area contributed by atoms with E-state index in [-0.39, 0.29) is 23.9 Å². The van der Waals surface area contributed by atoms with E-state index in [9.17, 15) is 9.18 Å². The standard InChI is InChI=1S/C16H16FN3O2/c1-10-16(13-4-3-12(17)6-14(13)22-10)20-15(21)5-2-11-7-18-9-19-8-11/h3-4,6-10,16H,2,5H2,1H3,(H,20,21). The molecule has 1 aromatic carbocycles. The number of halogens is 1. The number of aromatic nitrogens is 2. The highest BCUT2D eigenvalue weighted by molar-refractivity contribution is 5.77. The quantitative estimate of drug-likeness (QED) is 0.940. The molecule has 1 aliphatic rings. The molecular formula is C16H16FN3O2. The molecule has 0 bridgehead atoms. The van der Waals surface area contributed by atoms with Gasteiger partial charge in [0.05, 0.1) is 6.04 Å². The first kappa shape index (κ1) is 14.4. The summed E-state index contributed by atoms with van der Waals surface area (Å²) in [5.41, 5.74) is 1.72. The van der Waals surface area contributed by atoms with E-state index in [1.807, 2.05) is 6.92 Å². The number of aryl methyl sites for hydroxylation is 1. The van der Waals surface area contributed by atoms with Crippen molar-refractivity contribution in [1.29, 1.82) is 0 Å². The molecule has 2 heterocycles. The van der Waals surface area contributed by atoms with Crippen molar-refractivity contribution in [3.63, 3.8) is 0 Å². The van der Waals surface area contributed by atoms with Gasteiger partial charge in [-0.15, -0.1) is 0 Å². The number of nitrogens with one attached hydrogen (secondary N) is 1. The second-order valence-corrected chi connectivity index (χ2v) is 5.30. The molecular weight excluding hydrogens is 285 g/mol. The number of carbonyl (C=O) groups is 1. The maximum absolute atomic E-state index is 13.2. The fourth-order valence-electron chi connectivity index (χ4n) is 2.55. The summed E-state index contributed by atoms with van der Waals surface area (Å²) in [5.74, 6) is 0.0674. The van der Waals surface area contributed by atoms with Gasteiger partial charge in [0.2, 0.25) is 5.91 Å². The minimum absolute atomic E-state index is 0.0820. The molecule has 0 saturated carbocycles. The van der Waals surface area contributed by atoms with Crippen LogP contribution in [-0.4, -0.2) is 22.0 Å². The van der Waals surface area contributed by atoms with Gasteiger partial charge in [0.25, 0.3) is 0 Å². The molecule has 22 heavy (non-hydrogen) atoms. The van der Waals surface area contributed by atoms with Crippen molar-refractivity contribution in [2.45, 2.75) is 31.9 Å². The van der Waals surface area contributed by atoms with Gasteiger partial charge in [-0.2, -0.15) is 0 Å². The van der Waals surface area contributed by atoms with Crippen LogP contribution in [0, 0.1) is 5.82 Å². The van der Waals surface area contributed by atoms with Crippen molar-refractivity contribution in [3.05, 3.63) is 53.9 Å². The zero-order chi connectivity index (χ0) is 15.5. The van der Waals surface area contributed by atoms with Gasteiger partial charge in [-0.25, -0.2) is 14.4 Å². The molecule has 114 valence electrons. The Morgan fingerprint density at radius 3 is 2.91 bits per heavy atom. The van der Waals surface area contributed by atoms with Crippen LogP contribution in [-0.2, 0) is 11.2 Å². The van der Waals surface area contributed by atoms with Gasteiger partial charge in [-0.05, 0) is 25.0 Å². The van der Waals surface area contributed by atoms with Gasteiger partial charge >= 0.3 is 0 Å². The van der Waals surface area contributed by atoms with Gasteiger partial charge < -0.3 is 10.1 Å². The van der Waals surface area contributed by atoms with Crippen molar-refractivity contribution >= 4 is 5.91 Å². The number of rotatable bonds is 4. The molecule has 1 aliphatic heterocycles. The third-order valence-electron chi connectivity index (χ3n) is 3.66. The van der Waals surface area contributed by atoms with E-state index in [4.69, 9.17) is 4.74 Å². The molecule has 0 radical (unpaired) electrons. The second kappa shape index (κ2) is 6.09. The molecule has 0 spiro atoms. The maximum Gasteiger partial charge on any atom is 0.220 e. The monoisotopic (exact) mass is 301 g/mol. The Hall–Kier alpha value is -2.50. The van der Waals surface area contributed by atoms with Crippen molar-refractivity contribution in [3.8, 4) is 5.75 Å². The molecule has 2 unspecified atom stereocenters. The normalized spacial score (nSPS) is 19.4. The molecule has 1 aromatic heterocycles. The minimum Gasteiger partial charge on any atom is -0.488 e. The summed E-state index contributed by atoms with van der Waals surface area (Å²) < 4.78 is 18.8. The highest BCUT2D eigenvalue weighted by Gasteiger charge is 2.32. The van der Waals surface area contributed by atoms with E-state index in [1.165, 1.54) is 18.5 Å². The zero-order valence-corrected chi connectivity index (χ0v) is 12.1. The number of nitrogens with zero attached hydrogens (tertiary/aromatic N) is 2. The van der Waals surface area contributed by atoms with E-state index < -0.39 is 0 Å². The summed E-state index contributed by atoms with van der Waals surface area (Å²) in [6.45, 7) is 1.86. The van der Waals surface area contributed by atoms with Gasteiger partial charge in [-0.1, -0.05) is 6.07 Å². The Morgan fingerprint density at radius 2 is 2.14 bits per heavy atom. The van der Waals surface area contributed by atoms with Gasteiger partial charge in [0.15, 0.2) is 0 Å². The third-order valence-corrected chi connectivity index (χ3v) is 3.66. The van der Waals surface area contributed by atoms with Crippen LogP contribution in [0.3, 0.4) is 0 Å². The van der Waals surface area contributed by atoms with Crippen LogP contribution in [0.1, 0.15) is 30.5 Å². The Labute approximate surface area is 127 Å². The van der Waals surface area contributed by atoms with E-state index in [0.717, 1.165) is 11.1 Å². The lowest BCUT2D eigenvalue weighted by Gasteiger charge is -2.16. The first-order valence-corrected chi connectivity index (χ1v) is 7.13. The average Bonchev–Trinajstić information content (AvgIpc) is 2.81. The Kier molecular flexibility index (Phi) is 4.00. The topological polar surface area (TPSA) is 64.1 Å². The predicted octanol–water partition coefficient (Wildman–Crippen LogP) is 2.19. The minimum atomic E-state index is -0.345. The number of hydrogen-bond acceptors (Lipinski definition) is 4. The number of hydrogen-bond donors (Lipinski definition) is 1. The largest absolute Gasteiger partial charge is 0.488 e. The molecule has 6 heteroatoms. The third kappa shape index (κ3) is 3.05. The van der Waals surface area contributed by atoms with E-state index in [1.54, 1.807) is 18.5 Å². The van der Waals surface area contributed by atoms with Crippen LogP contribution in [0.15, 0.2) is 36.9 Å². The van der Waals surface area contributed by atoms with Crippen LogP contribution in [0.5, 0.6) is 5.75 Å². The van der Waals surface area contributed by atoms with Crippen LogP contribution >= 0.6 is 0 Å². The van der Waals surface area contributed by atoms with Crippen molar-refractivity contribution in [2.75, 3.05) is 0 Å². The lowest BCUT2D eigenvalue weighted by Crippen LogP contribution is -2.34. The fraction of sp³-hybridized carbons (Fsp3) is 0.312. The Bertz CT molecular complexity index is 678. The SMILES string of the molecule is CC1Oc2cc(F)ccc2C1NC(=O)CCc1cncnc1. The summed E-state index contributed by atoms with van der Waals surface area (Å²) in [6, 6.07) is 4.12. The van der Waals surface area contributed by atoms with E-state index in [0.29, 0.717) is 18.6 Å². The van der Waals surface area contributed by atoms with Crippen LogP contribution in [0.2, 0.25) is 0 Å². The molecule has 2 atom stereocenters. The molecule has 5 nitrogen and oxygen atoms in total. The van der Waals surface area contributed by atoms with Gasteiger partial charge in [0, 0.05) is 30.4 Å². The van der Waals surface area contributed by atoms with Crippen LogP contribution < -0.4 is 10.1 Å². The van der Waals surface area contributed by atoms with E-state index in [2.05, 4.69) is 15.3 Å². The molecule has 0 saturated heterocycles. The number of fused-ring (bicyclic) bond motifs is 1. The average molecular weight is 301 g/mol. The molecule has 1 N–H and O–H groups in total. The highest BCUT2D eigenvalue weighted by Crippen LogP contribution is 2.36. The Balaban J connectivity index is 1.62. The second-order valence-electron chi connectivity index (χ2n) is 5.30. The van der Waals surface area contributed by atoms with Crippen molar-refractivity contribution in [2.24, 2.45) is 0 Å². The number of ether oxygens (including phenoxy) is 1. The number of amides is 1. The van der Waals surface area contributed by atoms with Gasteiger partial charge in [-0.3, -0.25) is 4.79 Å². The molecule has 2 aromatic rings. The summed E-state index contributed by atoms with van der Waals surface area (Å²) in [6.07, 6.45) is 5.54. The molecule has 0 aliphatic carbocycles. The zero-order valence-electron chi connectivity index (χ0n) is 12.1. The summed E-state index contributed by atoms with van der Waals surface area (Å²) in [7, 11) is 0. The van der Waals surface area contributed by atoms with Gasteiger partial charge in [0.1, 0.15) is 24.0 Å². The summed E-state index contributed by atoms with van der Waals surface area (Å²) >= 11 is 0.